The zero-order chi connectivity index (χ0) is 14.8. The van der Waals surface area contributed by atoms with E-state index in [0.29, 0.717) is 11.5 Å². The molecule has 0 spiro atoms. The third-order valence-electron chi connectivity index (χ3n) is 3.35. The summed E-state index contributed by atoms with van der Waals surface area (Å²) in [6.07, 6.45) is -0.654. The molecule has 1 aromatic carbocycles. The van der Waals surface area contributed by atoms with Crippen molar-refractivity contribution in [1.29, 1.82) is 0 Å². The van der Waals surface area contributed by atoms with Crippen LogP contribution in [0.1, 0.15) is 24.5 Å². The molecule has 0 fully saturated rings. The number of fused-ring (bicyclic) bond motifs is 1. The summed E-state index contributed by atoms with van der Waals surface area (Å²) in [5.41, 5.74) is 0. The highest BCUT2D eigenvalue weighted by Gasteiger charge is 2.28. The number of ether oxygens (including phenoxy) is 2. The summed E-state index contributed by atoms with van der Waals surface area (Å²) in [6, 6.07) is 10.8. The molecule has 2 heterocycles. The van der Waals surface area contributed by atoms with Gasteiger partial charge in [0.1, 0.15) is 18.1 Å². The lowest BCUT2D eigenvalue weighted by Gasteiger charge is -2.26. The van der Waals surface area contributed by atoms with Crippen LogP contribution in [0.4, 0.5) is 0 Å². The van der Waals surface area contributed by atoms with Crippen molar-refractivity contribution in [3.63, 3.8) is 0 Å². The smallest absolute Gasteiger partial charge is 0.265 e. The number of rotatable bonds is 3. The molecule has 1 aliphatic rings. The first-order valence-electron chi connectivity index (χ1n) is 6.88. The van der Waals surface area contributed by atoms with E-state index < -0.39 is 6.10 Å². The van der Waals surface area contributed by atoms with Gasteiger partial charge in [0.15, 0.2) is 11.5 Å². The van der Waals surface area contributed by atoms with E-state index in [1.54, 1.807) is 6.07 Å². The van der Waals surface area contributed by atoms with Gasteiger partial charge in [-0.2, -0.15) is 0 Å². The first-order valence-corrected chi connectivity index (χ1v) is 6.88. The Morgan fingerprint density at radius 1 is 1.24 bits per heavy atom. The Kier molecular flexibility index (Phi) is 3.56. The van der Waals surface area contributed by atoms with Crippen LogP contribution in [0.25, 0.3) is 0 Å². The van der Waals surface area contributed by atoms with Crippen LogP contribution in [0.15, 0.2) is 40.8 Å². The highest BCUT2D eigenvalue weighted by molar-refractivity contribution is 5.82. The van der Waals surface area contributed by atoms with Crippen LogP contribution < -0.4 is 14.8 Å². The molecule has 0 unspecified atom stereocenters. The first kappa shape index (κ1) is 13.5. The fourth-order valence-corrected chi connectivity index (χ4v) is 2.21. The largest absolute Gasteiger partial charge is 0.485 e. The Balaban J connectivity index is 1.64. The van der Waals surface area contributed by atoms with Gasteiger partial charge in [0, 0.05) is 0 Å². The highest BCUT2D eigenvalue weighted by atomic mass is 16.6. The van der Waals surface area contributed by atoms with Gasteiger partial charge in [-0.3, -0.25) is 4.79 Å². The SMILES string of the molecule is Cc1ccc([C@@H](C)NC(=O)[C@H]2COc3ccccc3O2)o1. The molecule has 0 saturated carbocycles. The van der Waals surface area contributed by atoms with E-state index in [-0.39, 0.29) is 18.6 Å². The summed E-state index contributed by atoms with van der Waals surface area (Å²) < 4.78 is 16.7. The molecular weight excluding hydrogens is 270 g/mol. The number of carbonyl (C=O) groups excluding carboxylic acids is 1. The molecular formula is C16H17NO4. The van der Waals surface area contributed by atoms with Crippen molar-refractivity contribution in [1.82, 2.24) is 5.32 Å². The molecule has 110 valence electrons. The predicted molar refractivity (Wildman–Crippen MR) is 76.4 cm³/mol. The van der Waals surface area contributed by atoms with Gasteiger partial charge in [-0.15, -0.1) is 0 Å². The Morgan fingerprint density at radius 3 is 2.71 bits per heavy atom. The maximum absolute atomic E-state index is 12.2. The summed E-state index contributed by atoms with van der Waals surface area (Å²) in [5, 5.41) is 2.87. The number of hydrogen-bond acceptors (Lipinski definition) is 4. The molecule has 0 aliphatic carbocycles. The monoisotopic (exact) mass is 287 g/mol. The van der Waals surface area contributed by atoms with Crippen LogP contribution >= 0.6 is 0 Å². The van der Waals surface area contributed by atoms with Crippen LogP contribution in [0, 0.1) is 6.92 Å². The average Bonchev–Trinajstić information content (AvgIpc) is 2.93. The fourth-order valence-electron chi connectivity index (χ4n) is 2.21. The van der Waals surface area contributed by atoms with E-state index in [1.807, 2.05) is 44.2 Å². The van der Waals surface area contributed by atoms with Gasteiger partial charge in [-0.1, -0.05) is 12.1 Å². The zero-order valence-electron chi connectivity index (χ0n) is 12.0. The van der Waals surface area contributed by atoms with Crippen molar-refractivity contribution < 1.29 is 18.7 Å². The molecule has 5 nitrogen and oxygen atoms in total. The third kappa shape index (κ3) is 2.86. The topological polar surface area (TPSA) is 60.7 Å². The summed E-state index contributed by atoms with van der Waals surface area (Å²) >= 11 is 0. The highest BCUT2D eigenvalue weighted by Crippen LogP contribution is 2.31. The number of amides is 1. The quantitative estimate of drug-likeness (QED) is 0.942. The van der Waals surface area contributed by atoms with Crippen LogP contribution in [0.5, 0.6) is 11.5 Å². The number of benzene rings is 1. The van der Waals surface area contributed by atoms with E-state index in [0.717, 1.165) is 11.5 Å². The van der Waals surface area contributed by atoms with E-state index in [9.17, 15) is 4.79 Å². The maximum atomic E-state index is 12.2. The minimum absolute atomic E-state index is 0.201. The Morgan fingerprint density at radius 2 is 2.00 bits per heavy atom. The standard InChI is InChI=1S/C16H17NO4/c1-10-7-8-12(20-10)11(2)17-16(18)15-9-19-13-5-3-4-6-14(13)21-15/h3-8,11,15H,9H2,1-2H3,(H,17,18)/t11-,15-/m1/s1. The minimum atomic E-state index is -0.654. The first-order chi connectivity index (χ1) is 10.1. The van der Waals surface area contributed by atoms with Gasteiger partial charge in [0.25, 0.3) is 5.91 Å². The number of furan rings is 1. The molecule has 3 rings (SSSR count). The van der Waals surface area contributed by atoms with E-state index in [2.05, 4.69) is 5.32 Å². The van der Waals surface area contributed by atoms with E-state index >= 15 is 0 Å². The molecule has 21 heavy (non-hydrogen) atoms. The molecule has 1 aliphatic heterocycles. The molecule has 1 N–H and O–H groups in total. The minimum Gasteiger partial charge on any atom is -0.485 e. The Hall–Kier alpha value is -2.43. The summed E-state index contributed by atoms with van der Waals surface area (Å²) in [4.78, 5) is 12.2. The van der Waals surface area contributed by atoms with Crippen molar-refractivity contribution in [2.45, 2.75) is 26.0 Å². The molecule has 5 heteroatoms. The maximum Gasteiger partial charge on any atom is 0.265 e. The normalized spacial score (nSPS) is 18.1. The molecule has 0 bridgehead atoms. The van der Waals surface area contributed by atoms with Gasteiger partial charge in [-0.05, 0) is 38.1 Å². The van der Waals surface area contributed by atoms with Gasteiger partial charge < -0.3 is 19.2 Å². The van der Waals surface area contributed by atoms with E-state index in [1.165, 1.54) is 0 Å². The summed E-state index contributed by atoms with van der Waals surface area (Å²) in [5.74, 6) is 2.57. The number of nitrogens with one attached hydrogen (secondary N) is 1. The average molecular weight is 287 g/mol. The van der Waals surface area contributed by atoms with Crippen molar-refractivity contribution in [2.24, 2.45) is 0 Å². The lowest BCUT2D eigenvalue weighted by molar-refractivity contribution is -0.131. The second kappa shape index (κ2) is 5.52. The van der Waals surface area contributed by atoms with Crippen molar-refractivity contribution >= 4 is 5.91 Å². The van der Waals surface area contributed by atoms with Crippen molar-refractivity contribution in [2.75, 3.05) is 6.61 Å². The van der Waals surface area contributed by atoms with Crippen molar-refractivity contribution in [3.05, 3.63) is 47.9 Å². The molecule has 2 atom stereocenters. The lowest BCUT2D eigenvalue weighted by atomic mass is 10.2. The Bertz CT molecular complexity index is 649. The summed E-state index contributed by atoms with van der Waals surface area (Å²) in [6.45, 7) is 3.94. The molecule has 1 aromatic heterocycles. The van der Waals surface area contributed by atoms with Gasteiger partial charge in [0.05, 0.1) is 6.04 Å². The number of aryl methyl sites for hydroxylation is 1. The van der Waals surface area contributed by atoms with Crippen LogP contribution in [-0.2, 0) is 4.79 Å². The lowest BCUT2D eigenvalue weighted by Crippen LogP contribution is -2.44. The third-order valence-corrected chi connectivity index (χ3v) is 3.35. The second-order valence-electron chi connectivity index (χ2n) is 5.04. The van der Waals surface area contributed by atoms with Crippen LogP contribution in [-0.4, -0.2) is 18.6 Å². The molecule has 0 saturated heterocycles. The fraction of sp³-hybridized carbons (Fsp3) is 0.312. The predicted octanol–water partition coefficient (Wildman–Crippen LogP) is 2.61. The van der Waals surface area contributed by atoms with Gasteiger partial charge in [0.2, 0.25) is 6.10 Å². The number of para-hydroxylation sites is 2. The van der Waals surface area contributed by atoms with Crippen LogP contribution in [0.3, 0.4) is 0 Å². The van der Waals surface area contributed by atoms with E-state index in [4.69, 9.17) is 13.9 Å². The number of carbonyl (C=O) groups is 1. The molecule has 1 amide bonds. The van der Waals surface area contributed by atoms with Crippen molar-refractivity contribution in [3.8, 4) is 11.5 Å². The molecule has 2 aromatic rings. The summed E-state index contributed by atoms with van der Waals surface area (Å²) in [7, 11) is 0. The molecule has 0 radical (unpaired) electrons. The Labute approximate surface area is 122 Å². The zero-order valence-corrected chi connectivity index (χ0v) is 12.0. The number of hydrogen-bond donors (Lipinski definition) is 1. The second-order valence-corrected chi connectivity index (χ2v) is 5.04. The van der Waals surface area contributed by atoms with Gasteiger partial charge >= 0.3 is 0 Å². The van der Waals surface area contributed by atoms with Gasteiger partial charge in [-0.25, -0.2) is 0 Å². The van der Waals surface area contributed by atoms with Crippen LogP contribution in [0.2, 0.25) is 0 Å².